The zero-order chi connectivity index (χ0) is 15.0. The van der Waals surface area contributed by atoms with Crippen molar-refractivity contribution in [2.45, 2.75) is 6.92 Å². The Morgan fingerprint density at radius 1 is 1.15 bits per heavy atom. The first-order valence-corrected chi connectivity index (χ1v) is 10.4. The average molecular weight is 339 g/mol. The minimum atomic E-state index is -3.82. The van der Waals surface area contributed by atoms with Gasteiger partial charge in [-0.25, -0.2) is 9.19 Å². The normalized spacial score (nSPS) is 18.2. The van der Waals surface area contributed by atoms with Gasteiger partial charge in [0.15, 0.2) is 0 Å². The molecular formula is C9H17N5O3S3. The van der Waals surface area contributed by atoms with Crippen molar-refractivity contribution in [3.05, 3.63) is 5.82 Å². The van der Waals surface area contributed by atoms with Gasteiger partial charge in [0.05, 0.1) is 9.73 Å². The van der Waals surface area contributed by atoms with Crippen molar-refractivity contribution in [2.75, 3.05) is 43.6 Å². The summed E-state index contributed by atoms with van der Waals surface area (Å²) in [5, 5.41) is 0.797. The summed E-state index contributed by atoms with van der Waals surface area (Å²) in [6.45, 7) is 3.48. The van der Waals surface area contributed by atoms with Crippen LogP contribution in [0.1, 0.15) is 5.82 Å². The summed E-state index contributed by atoms with van der Waals surface area (Å²) >= 11 is 1.30. The fraction of sp³-hybridized carbons (Fsp3) is 0.778. The third-order valence-corrected chi connectivity index (χ3v) is 6.70. The van der Waals surface area contributed by atoms with Crippen LogP contribution in [0.3, 0.4) is 0 Å². The lowest BCUT2D eigenvalue weighted by molar-refractivity contribution is 0.386. The molecule has 0 aliphatic carbocycles. The first-order chi connectivity index (χ1) is 9.17. The minimum Gasteiger partial charge on any atom is -0.344 e. The van der Waals surface area contributed by atoms with Crippen LogP contribution in [0.15, 0.2) is 3.77 Å². The number of rotatable bonds is 3. The molecule has 0 aromatic carbocycles. The van der Waals surface area contributed by atoms with Gasteiger partial charge in [-0.1, -0.05) is 3.77 Å². The molecule has 0 amide bonds. The molecule has 1 aliphatic rings. The van der Waals surface area contributed by atoms with Crippen molar-refractivity contribution < 1.29 is 12.6 Å². The van der Waals surface area contributed by atoms with Gasteiger partial charge in [-0.2, -0.15) is 17.1 Å². The molecule has 1 fully saturated rings. The van der Waals surface area contributed by atoms with Gasteiger partial charge in [0, 0.05) is 50.2 Å². The Morgan fingerprint density at radius 3 is 2.20 bits per heavy atom. The highest BCUT2D eigenvalue weighted by Gasteiger charge is 2.28. The number of hydrogen-bond acceptors (Lipinski definition) is 7. The number of anilines is 1. The molecule has 0 radical (unpaired) electrons. The van der Waals surface area contributed by atoms with E-state index < -0.39 is 19.9 Å². The van der Waals surface area contributed by atoms with Crippen molar-refractivity contribution in [3.63, 3.8) is 0 Å². The lowest BCUT2D eigenvalue weighted by Gasteiger charge is -2.32. The van der Waals surface area contributed by atoms with E-state index in [1.165, 1.54) is 28.3 Å². The summed E-state index contributed by atoms with van der Waals surface area (Å²) in [5.41, 5.74) is 0. The van der Waals surface area contributed by atoms with Crippen molar-refractivity contribution in [1.82, 2.24) is 13.7 Å². The molecule has 1 aliphatic heterocycles. The highest BCUT2D eigenvalue weighted by molar-refractivity contribution is 8.01. The second-order valence-corrected chi connectivity index (χ2v) is 9.85. The largest absolute Gasteiger partial charge is 0.344 e. The van der Waals surface area contributed by atoms with Crippen LogP contribution in [0.25, 0.3) is 0 Å². The minimum absolute atomic E-state index is 0.306. The zero-order valence-electron chi connectivity index (χ0n) is 11.5. The number of nitrogens with zero attached hydrogens (tertiary/aromatic N) is 5. The molecule has 0 spiro atoms. The van der Waals surface area contributed by atoms with Crippen LogP contribution in [0.4, 0.5) is 5.13 Å². The van der Waals surface area contributed by atoms with Gasteiger partial charge >= 0.3 is 10.2 Å². The zero-order valence-corrected chi connectivity index (χ0v) is 14.0. The molecule has 2 heterocycles. The maximum atomic E-state index is 12.0. The molecule has 0 bridgehead atoms. The molecule has 1 saturated heterocycles. The van der Waals surface area contributed by atoms with Gasteiger partial charge in [0.2, 0.25) is 5.13 Å². The molecule has 114 valence electrons. The van der Waals surface area contributed by atoms with Crippen LogP contribution < -0.4 is 4.90 Å². The van der Waals surface area contributed by atoms with Gasteiger partial charge in [0.1, 0.15) is 5.82 Å². The van der Waals surface area contributed by atoms with E-state index in [1.54, 1.807) is 0 Å². The van der Waals surface area contributed by atoms with Crippen LogP contribution in [-0.4, -0.2) is 65.0 Å². The standard InChI is InChI=1S/C9H17N5O3S3/c1-8-10-9(18-11-8)13-4-6-14(7-5-13)20(16,17)12-19(2,3)15/h4-7H2,1-3H3. The molecule has 1 aromatic heterocycles. The van der Waals surface area contributed by atoms with Gasteiger partial charge in [0.25, 0.3) is 0 Å². The SMILES string of the molecule is Cc1nsc(N2CCN(S(=O)(=O)N=S(C)(C)=O)CC2)n1. The van der Waals surface area contributed by atoms with E-state index in [4.69, 9.17) is 0 Å². The average Bonchev–Trinajstić information content (AvgIpc) is 2.73. The summed E-state index contributed by atoms with van der Waals surface area (Å²) in [7, 11) is -6.50. The number of aryl methyl sites for hydroxylation is 1. The molecule has 2 rings (SSSR count). The van der Waals surface area contributed by atoms with Gasteiger partial charge < -0.3 is 4.90 Å². The van der Waals surface area contributed by atoms with Crippen molar-refractivity contribution in [1.29, 1.82) is 0 Å². The molecule has 20 heavy (non-hydrogen) atoms. The molecule has 0 atom stereocenters. The lowest BCUT2D eigenvalue weighted by Crippen LogP contribution is -2.48. The Labute approximate surface area is 123 Å². The molecular weight excluding hydrogens is 322 g/mol. The van der Waals surface area contributed by atoms with E-state index in [0.29, 0.717) is 32.0 Å². The van der Waals surface area contributed by atoms with E-state index >= 15 is 0 Å². The maximum Gasteiger partial charge on any atom is 0.330 e. The fourth-order valence-corrected chi connectivity index (χ4v) is 5.34. The van der Waals surface area contributed by atoms with Crippen LogP contribution in [0.5, 0.6) is 0 Å². The highest BCUT2D eigenvalue weighted by atomic mass is 32.3. The second-order valence-electron chi connectivity index (χ2n) is 4.74. The van der Waals surface area contributed by atoms with Crippen LogP contribution in [0.2, 0.25) is 0 Å². The second kappa shape index (κ2) is 5.54. The Balaban J connectivity index is 2.07. The summed E-state index contributed by atoms with van der Waals surface area (Å²) in [4.78, 5) is 6.27. The topological polar surface area (TPSA) is 95.8 Å². The summed E-state index contributed by atoms with van der Waals surface area (Å²) in [6, 6.07) is 0. The first kappa shape index (κ1) is 15.6. The predicted molar refractivity (Wildman–Crippen MR) is 79.8 cm³/mol. The van der Waals surface area contributed by atoms with E-state index in [9.17, 15) is 12.6 Å². The highest BCUT2D eigenvalue weighted by Crippen LogP contribution is 2.20. The fourth-order valence-electron chi connectivity index (χ4n) is 1.80. The first-order valence-electron chi connectivity index (χ1n) is 5.91. The summed E-state index contributed by atoms with van der Waals surface area (Å²) in [5.74, 6) is 0.715. The van der Waals surface area contributed by atoms with E-state index in [-0.39, 0.29) is 0 Å². The summed E-state index contributed by atoms with van der Waals surface area (Å²) in [6.07, 6.45) is 2.62. The molecule has 11 heteroatoms. The Kier molecular flexibility index (Phi) is 4.33. The predicted octanol–water partition coefficient (Wildman–Crippen LogP) is -0.0591. The van der Waals surface area contributed by atoms with E-state index in [2.05, 4.69) is 13.1 Å². The molecule has 1 aromatic rings. The number of aromatic nitrogens is 2. The Bertz CT molecular complexity index is 688. The number of piperazine rings is 1. The van der Waals surface area contributed by atoms with Gasteiger partial charge in [-0.15, -0.1) is 0 Å². The monoisotopic (exact) mass is 339 g/mol. The van der Waals surface area contributed by atoms with Crippen LogP contribution in [0, 0.1) is 6.92 Å². The van der Waals surface area contributed by atoms with E-state index in [0.717, 1.165) is 5.13 Å². The third-order valence-electron chi connectivity index (χ3n) is 2.63. The Hall–Kier alpha value is -0.780. The quantitative estimate of drug-likeness (QED) is 0.765. The number of hydrogen-bond donors (Lipinski definition) is 0. The lowest BCUT2D eigenvalue weighted by atomic mass is 10.4. The molecule has 0 saturated carbocycles. The van der Waals surface area contributed by atoms with Crippen LogP contribution in [-0.2, 0) is 19.9 Å². The van der Waals surface area contributed by atoms with Gasteiger partial charge in [-0.3, -0.25) is 0 Å². The van der Waals surface area contributed by atoms with Crippen LogP contribution >= 0.6 is 11.5 Å². The Morgan fingerprint density at radius 2 is 1.75 bits per heavy atom. The maximum absolute atomic E-state index is 12.0. The van der Waals surface area contributed by atoms with Gasteiger partial charge in [-0.05, 0) is 6.92 Å². The summed E-state index contributed by atoms with van der Waals surface area (Å²) < 4.78 is 44.3. The van der Waals surface area contributed by atoms with Crippen molar-refractivity contribution in [2.24, 2.45) is 3.77 Å². The molecule has 0 unspecified atom stereocenters. The molecule has 8 nitrogen and oxygen atoms in total. The van der Waals surface area contributed by atoms with E-state index in [1.807, 2.05) is 11.8 Å². The molecule has 0 N–H and O–H groups in total. The third kappa shape index (κ3) is 3.87. The smallest absolute Gasteiger partial charge is 0.330 e. The van der Waals surface area contributed by atoms with Crippen molar-refractivity contribution >= 4 is 36.6 Å². The van der Waals surface area contributed by atoms with Crippen molar-refractivity contribution in [3.8, 4) is 0 Å².